The lowest BCUT2D eigenvalue weighted by Gasteiger charge is -2.06. The number of rotatable bonds is 7. The van der Waals surface area contributed by atoms with E-state index in [0.717, 1.165) is 24.2 Å². The van der Waals surface area contributed by atoms with Gasteiger partial charge in [0.05, 0.1) is 13.7 Å². The van der Waals surface area contributed by atoms with Crippen molar-refractivity contribution < 1.29 is 14.3 Å². The van der Waals surface area contributed by atoms with Gasteiger partial charge in [-0.2, -0.15) is 0 Å². The molecule has 1 aromatic rings. The third-order valence-electron chi connectivity index (χ3n) is 2.43. The van der Waals surface area contributed by atoms with Crippen LogP contribution in [0.25, 0.3) is 0 Å². The van der Waals surface area contributed by atoms with Crippen molar-refractivity contribution in [1.82, 2.24) is 0 Å². The van der Waals surface area contributed by atoms with Crippen molar-refractivity contribution in [3.8, 4) is 5.75 Å². The van der Waals surface area contributed by atoms with E-state index in [2.05, 4.69) is 4.74 Å². The molecule has 0 heterocycles. The van der Waals surface area contributed by atoms with Crippen molar-refractivity contribution in [3.63, 3.8) is 0 Å². The van der Waals surface area contributed by atoms with Crippen LogP contribution in [0.3, 0.4) is 0 Å². The number of unbranched alkanes of at least 4 members (excludes halogenated alkanes) is 1. The van der Waals surface area contributed by atoms with Crippen LogP contribution in [0.4, 0.5) is 0 Å². The number of benzene rings is 1. The molecule has 0 aliphatic carbocycles. The normalized spacial score (nSPS) is 9.44. The highest BCUT2D eigenvalue weighted by Gasteiger charge is 1.99. The first-order chi connectivity index (χ1) is 8.26. The number of nitrogens with two attached hydrogens (primary N) is 1. The first-order valence-electron chi connectivity index (χ1n) is 5.75. The summed E-state index contributed by atoms with van der Waals surface area (Å²) < 4.78 is 10.1. The molecule has 0 atom stereocenters. The Balaban J connectivity index is 0.00000289. The Kier molecular flexibility index (Phi) is 9.06. The summed E-state index contributed by atoms with van der Waals surface area (Å²) in [7, 11) is 1.40. The standard InChI is InChI=1S/C13H19NO3.ClH/c1-16-13(15)4-2-3-9-17-12-7-5-11(10-14)6-8-12;/h5-8H,2-4,9-10,14H2,1H3;1H. The third kappa shape index (κ3) is 6.47. The van der Waals surface area contributed by atoms with Gasteiger partial charge in [0.15, 0.2) is 0 Å². The second-order valence-corrected chi connectivity index (χ2v) is 3.73. The van der Waals surface area contributed by atoms with Gasteiger partial charge >= 0.3 is 5.97 Å². The first kappa shape index (κ1) is 16.7. The molecule has 0 amide bonds. The van der Waals surface area contributed by atoms with Crippen LogP contribution in [0.2, 0.25) is 0 Å². The highest BCUT2D eigenvalue weighted by Crippen LogP contribution is 2.12. The van der Waals surface area contributed by atoms with Crippen LogP contribution in [-0.4, -0.2) is 19.7 Å². The molecule has 0 aliphatic rings. The molecule has 4 nitrogen and oxygen atoms in total. The number of ether oxygens (including phenoxy) is 2. The number of hydrogen-bond donors (Lipinski definition) is 1. The van der Waals surface area contributed by atoms with E-state index in [1.165, 1.54) is 7.11 Å². The molecule has 0 saturated heterocycles. The van der Waals surface area contributed by atoms with E-state index in [-0.39, 0.29) is 18.4 Å². The first-order valence-corrected chi connectivity index (χ1v) is 5.75. The maximum Gasteiger partial charge on any atom is 0.305 e. The number of hydrogen-bond acceptors (Lipinski definition) is 4. The molecule has 102 valence electrons. The molecule has 0 unspecified atom stereocenters. The van der Waals surface area contributed by atoms with Crippen molar-refractivity contribution in [2.24, 2.45) is 5.73 Å². The molecule has 18 heavy (non-hydrogen) atoms. The van der Waals surface area contributed by atoms with Crippen LogP contribution < -0.4 is 10.5 Å². The highest BCUT2D eigenvalue weighted by atomic mass is 35.5. The zero-order chi connectivity index (χ0) is 12.5. The molecule has 0 fully saturated rings. The average Bonchev–Trinajstić information content (AvgIpc) is 2.38. The molecule has 0 spiro atoms. The van der Waals surface area contributed by atoms with Crippen molar-refractivity contribution >= 4 is 18.4 Å². The molecule has 0 saturated carbocycles. The lowest BCUT2D eigenvalue weighted by atomic mass is 10.2. The Bertz CT molecular complexity index is 341. The fourth-order valence-corrected chi connectivity index (χ4v) is 1.39. The van der Waals surface area contributed by atoms with Gasteiger partial charge in [0.1, 0.15) is 5.75 Å². The number of esters is 1. The number of halogens is 1. The van der Waals surface area contributed by atoms with E-state index in [9.17, 15) is 4.79 Å². The van der Waals surface area contributed by atoms with E-state index in [4.69, 9.17) is 10.5 Å². The summed E-state index contributed by atoms with van der Waals surface area (Å²) >= 11 is 0. The Labute approximate surface area is 114 Å². The van der Waals surface area contributed by atoms with Crippen molar-refractivity contribution in [2.75, 3.05) is 13.7 Å². The third-order valence-corrected chi connectivity index (χ3v) is 2.43. The molecular formula is C13H20ClNO3. The van der Waals surface area contributed by atoms with E-state index < -0.39 is 0 Å². The number of carbonyl (C=O) groups is 1. The minimum Gasteiger partial charge on any atom is -0.494 e. The van der Waals surface area contributed by atoms with Crippen LogP contribution in [0.15, 0.2) is 24.3 Å². The van der Waals surface area contributed by atoms with Gasteiger partial charge in [0, 0.05) is 13.0 Å². The van der Waals surface area contributed by atoms with Crippen LogP contribution in [-0.2, 0) is 16.1 Å². The molecule has 0 aliphatic heterocycles. The van der Waals surface area contributed by atoms with Crippen molar-refractivity contribution in [1.29, 1.82) is 0 Å². The SMILES string of the molecule is COC(=O)CCCCOc1ccc(CN)cc1.Cl. The highest BCUT2D eigenvalue weighted by molar-refractivity contribution is 5.85. The largest absolute Gasteiger partial charge is 0.494 e. The minimum absolute atomic E-state index is 0. The summed E-state index contributed by atoms with van der Waals surface area (Å²) in [5.74, 6) is 0.664. The van der Waals surface area contributed by atoms with Crippen LogP contribution in [0.1, 0.15) is 24.8 Å². The molecule has 5 heteroatoms. The van der Waals surface area contributed by atoms with Gasteiger partial charge < -0.3 is 15.2 Å². The predicted molar refractivity (Wildman–Crippen MR) is 72.9 cm³/mol. The smallest absolute Gasteiger partial charge is 0.305 e. The zero-order valence-corrected chi connectivity index (χ0v) is 11.4. The maximum absolute atomic E-state index is 10.8. The van der Waals surface area contributed by atoms with E-state index in [1.54, 1.807) is 0 Å². The molecule has 2 N–H and O–H groups in total. The van der Waals surface area contributed by atoms with Gasteiger partial charge in [-0.3, -0.25) is 4.79 Å². The fourth-order valence-electron chi connectivity index (χ4n) is 1.39. The summed E-state index contributed by atoms with van der Waals surface area (Å²) in [5.41, 5.74) is 6.58. The lowest BCUT2D eigenvalue weighted by molar-refractivity contribution is -0.140. The van der Waals surface area contributed by atoms with Gasteiger partial charge in [-0.15, -0.1) is 12.4 Å². The monoisotopic (exact) mass is 273 g/mol. The van der Waals surface area contributed by atoms with Crippen LogP contribution in [0, 0.1) is 0 Å². The molecular weight excluding hydrogens is 254 g/mol. The average molecular weight is 274 g/mol. The van der Waals surface area contributed by atoms with Crippen LogP contribution in [0.5, 0.6) is 5.75 Å². The number of methoxy groups -OCH3 is 1. The fraction of sp³-hybridized carbons (Fsp3) is 0.462. The predicted octanol–water partition coefficient (Wildman–Crippen LogP) is 2.29. The van der Waals surface area contributed by atoms with Crippen LogP contribution >= 0.6 is 12.4 Å². The Hall–Kier alpha value is -1.26. The Morgan fingerprint density at radius 3 is 2.44 bits per heavy atom. The van der Waals surface area contributed by atoms with Crippen molar-refractivity contribution in [2.45, 2.75) is 25.8 Å². The number of carbonyl (C=O) groups excluding carboxylic acids is 1. The summed E-state index contributed by atoms with van der Waals surface area (Å²) in [6, 6.07) is 7.71. The lowest BCUT2D eigenvalue weighted by Crippen LogP contribution is -2.02. The van der Waals surface area contributed by atoms with Gasteiger partial charge in [0.2, 0.25) is 0 Å². The van der Waals surface area contributed by atoms with Gasteiger partial charge in [-0.05, 0) is 30.5 Å². The van der Waals surface area contributed by atoms with Gasteiger partial charge in [-0.1, -0.05) is 12.1 Å². The summed E-state index contributed by atoms with van der Waals surface area (Å²) in [4.78, 5) is 10.8. The molecule has 1 rings (SSSR count). The molecule has 0 aromatic heterocycles. The van der Waals surface area contributed by atoms with Gasteiger partial charge in [0.25, 0.3) is 0 Å². The summed E-state index contributed by atoms with van der Waals surface area (Å²) in [5, 5.41) is 0. The Morgan fingerprint density at radius 1 is 1.22 bits per heavy atom. The summed E-state index contributed by atoms with van der Waals surface area (Å²) in [6.07, 6.45) is 2.08. The van der Waals surface area contributed by atoms with E-state index in [1.807, 2.05) is 24.3 Å². The second kappa shape index (κ2) is 9.74. The topological polar surface area (TPSA) is 61.5 Å². The Morgan fingerprint density at radius 2 is 1.89 bits per heavy atom. The zero-order valence-electron chi connectivity index (χ0n) is 10.6. The van der Waals surface area contributed by atoms with E-state index >= 15 is 0 Å². The summed E-state index contributed by atoms with van der Waals surface area (Å²) in [6.45, 7) is 1.15. The second-order valence-electron chi connectivity index (χ2n) is 3.73. The minimum atomic E-state index is -0.169. The van der Waals surface area contributed by atoms with Gasteiger partial charge in [-0.25, -0.2) is 0 Å². The van der Waals surface area contributed by atoms with E-state index in [0.29, 0.717) is 19.6 Å². The molecule has 0 radical (unpaired) electrons. The molecule has 1 aromatic carbocycles. The molecule has 0 bridgehead atoms. The van der Waals surface area contributed by atoms with Crippen molar-refractivity contribution in [3.05, 3.63) is 29.8 Å². The quantitative estimate of drug-likeness (QED) is 0.612. The maximum atomic E-state index is 10.8.